The van der Waals surface area contributed by atoms with Crippen LogP contribution in [0.1, 0.15) is 17.5 Å². The highest BCUT2D eigenvalue weighted by Gasteiger charge is 2.19. The zero-order valence-electron chi connectivity index (χ0n) is 14.5. The quantitative estimate of drug-likeness (QED) is 0.910. The Hall–Kier alpha value is -2.05. The molecule has 1 saturated heterocycles. The van der Waals surface area contributed by atoms with Gasteiger partial charge >= 0.3 is 6.03 Å². The molecule has 0 radical (unpaired) electrons. The number of amides is 2. The Balaban J connectivity index is 1.47. The minimum atomic E-state index is -0.00260. The number of carbonyl (C=O) groups excluding carboxylic acids is 1. The first-order chi connectivity index (χ1) is 12.1. The summed E-state index contributed by atoms with van der Waals surface area (Å²) in [6.07, 6.45) is 4.67. The lowest BCUT2D eigenvalue weighted by molar-refractivity contribution is 0.197. The number of carbonyl (C=O) groups is 1. The first-order valence-electron chi connectivity index (χ1n) is 8.57. The van der Waals surface area contributed by atoms with Crippen molar-refractivity contribution in [3.05, 3.63) is 52.8 Å². The van der Waals surface area contributed by atoms with Gasteiger partial charge in [0.05, 0.1) is 6.20 Å². The van der Waals surface area contributed by atoms with Crippen LogP contribution in [0, 0.1) is 0 Å². The molecule has 0 spiro atoms. The van der Waals surface area contributed by atoms with Crippen LogP contribution in [0.2, 0.25) is 5.02 Å². The van der Waals surface area contributed by atoms with E-state index in [-0.39, 0.29) is 6.03 Å². The van der Waals surface area contributed by atoms with E-state index in [1.165, 1.54) is 5.56 Å². The van der Waals surface area contributed by atoms with Gasteiger partial charge in [0.1, 0.15) is 0 Å². The second-order valence-electron chi connectivity index (χ2n) is 6.42. The maximum Gasteiger partial charge on any atom is 0.317 e. The number of halogens is 1. The molecule has 0 bridgehead atoms. The van der Waals surface area contributed by atoms with Crippen molar-refractivity contribution in [3.63, 3.8) is 0 Å². The van der Waals surface area contributed by atoms with Crippen LogP contribution in [0.3, 0.4) is 0 Å². The van der Waals surface area contributed by atoms with Crippen LogP contribution in [0.15, 0.2) is 36.7 Å². The minimum Gasteiger partial charge on any atom is -0.334 e. The molecule has 1 aliphatic rings. The van der Waals surface area contributed by atoms with Gasteiger partial charge in [0.25, 0.3) is 0 Å². The van der Waals surface area contributed by atoms with Crippen LogP contribution in [-0.2, 0) is 20.1 Å². The van der Waals surface area contributed by atoms with Crippen LogP contribution >= 0.6 is 11.6 Å². The van der Waals surface area contributed by atoms with E-state index in [0.29, 0.717) is 6.54 Å². The molecule has 1 aliphatic heterocycles. The average molecular weight is 362 g/mol. The van der Waals surface area contributed by atoms with Crippen molar-refractivity contribution in [2.45, 2.75) is 19.5 Å². The Morgan fingerprint density at radius 3 is 2.68 bits per heavy atom. The number of aryl methyl sites for hydroxylation is 1. The molecule has 0 saturated carbocycles. The van der Waals surface area contributed by atoms with Gasteiger partial charge in [0.15, 0.2) is 0 Å². The summed E-state index contributed by atoms with van der Waals surface area (Å²) in [6, 6.07) is 7.97. The van der Waals surface area contributed by atoms with Crippen LogP contribution < -0.4 is 5.32 Å². The molecule has 3 rings (SSSR count). The third-order valence-electron chi connectivity index (χ3n) is 4.40. The number of rotatable bonds is 4. The summed E-state index contributed by atoms with van der Waals surface area (Å²) < 4.78 is 1.74. The lowest BCUT2D eigenvalue weighted by atomic mass is 10.2. The predicted molar refractivity (Wildman–Crippen MR) is 98.4 cm³/mol. The van der Waals surface area contributed by atoms with Gasteiger partial charge in [-0.15, -0.1) is 0 Å². The number of nitrogens with one attached hydrogen (secondary N) is 1. The molecule has 0 atom stereocenters. The molecule has 1 aromatic heterocycles. The molecule has 2 aromatic rings. The maximum absolute atomic E-state index is 12.4. The van der Waals surface area contributed by atoms with Crippen molar-refractivity contribution in [3.8, 4) is 0 Å². The molecular weight excluding hydrogens is 338 g/mol. The van der Waals surface area contributed by atoms with Gasteiger partial charge in [-0.2, -0.15) is 5.10 Å². The molecule has 25 heavy (non-hydrogen) atoms. The number of benzene rings is 1. The van der Waals surface area contributed by atoms with Gasteiger partial charge in [-0.3, -0.25) is 9.58 Å². The van der Waals surface area contributed by atoms with Gasteiger partial charge in [-0.1, -0.05) is 23.7 Å². The molecule has 0 unspecified atom stereocenters. The van der Waals surface area contributed by atoms with Gasteiger partial charge in [0, 0.05) is 63.1 Å². The standard InChI is InChI=1S/C18H24ClN5O/c1-22-13-16(12-21-22)11-20-18(25)24-8-2-7-23(9-10-24)14-15-3-5-17(19)6-4-15/h3-6,12-13H,2,7-11,14H2,1H3,(H,20,25). The second kappa shape index (κ2) is 8.36. The normalized spacial score (nSPS) is 15.8. The molecule has 1 aromatic carbocycles. The van der Waals surface area contributed by atoms with Crippen molar-refractivity contribution in [1.82, 2.24) is 24.9 Å². The highest BCUT2D eigenvalue weighted by Crippen LogP contribution is 2.13. The van der Waals surface area contributed by atoms with E-state index in [0.717, 1.165) is 49.7 Å². The minimum absolute atomic E-state index is 0.00260. The first-order valence-corrected chi connectivity index (χ1v) is 8.95. The summed E-state index contributed by atoms with van der Waals surface area (Å²) >= 11 is 5.94. The molecule has 2 heterocycles. The zero-order valence-corrected chi connectivity index (χ0v) is 15.2. The fourth-order valence-electron chi connectivity index (χ4n) is 3.03. The summed E-state index contributed by atoms with van der Waals surface area (Å²) in [6.45, 7) is 4.81. The Bertz CT molecular complexity index is 700. The molecule has 134 valence electrons. The fraction of sp³-hybridized carbons (Fsp3) is 0.444. The largest absolute Gasteiger partial charge is 0.334 e. The van der Waals surface area contributed by atoms with E-state index < -0.39 is 0 Å². The number of hydrogen-bond acceptors (Lipinski definition) is 3. The van der Waals surface area contributed by atoms with Gasteiger partial charge < -0.3 is 10.2 Å². The first kappa shape index (κ1) is 17.8. The monoisotopic (exact) mass is 361 g/mol. The van der Waals surface area contributed by atoms with Gasteiger partial charge in [0.2, 0.25) is 0 Å². The van der Waals surface area contributed by atoms with E-state index in [4.69, 9.17) is 11.6 Å². The van der Waals surface area contributed by atoms with Crippen molar-refractivity contribution in [1.29, 1.82) is 0 Å². The molecular formula is C18H24ClN5O. The Morgan fingerprint density at radius 1 is 1.16 bits per heavy atom. The Morgan fingerprint density at radius 2 is 1.96 bits per heavy atom. The molecule has 0 aliphatic carbocycles. The molecule has 6 nitrogen and oxygen atoms in total. The fourth-order valence-corrected chi connectivity index (χ4v) is 3.16. The van der Waals surface area contributed by atoms with Crippen molar-refractivity contribution >= 4 is 17.6 Å². The SMILES string of the molecule is Cn1cc(CNC(=O)N2CCCN(Cc3ccc(Cl)cc3)CC2)cn1. The lowest BCUT2D eigenvalue weighted by Crippen LogP contribution is -2.41. The van der Waals surface area contributed by atoms with E-state index >= 15 is 0 Å². The summed E-state index contributed by atoms with van der Waals surface area (Å²) in [4.78, 5) is 16.7. The Kier molecular flexibility index (Phi) is 5.94. The smallest absolute Gasteiger partial charge is 0.317 e. The van der Waals surface area contributed by atoms with Crippen molar-refractivity contribution in [2.75, 3.05) is 26.2 Å². The van der Waals surface area contributed by atoms with Crippen molar-refractivity contribution < 1.29 is 4.79 Å². The third-order valence-corrected chi connectivity index (χ3v) is 4.65. The Labute approximate surface area is 153 Å². The number of hydrogen-bond donors (Lipinski definition) is 1. The second-order valence-corrected chi connectivity index (χ2v) is 6.86. The highest BCUT2D eigenvalue weighted by atomic mass is 35.5. The summed E-state index contributed by atoms with van der Waals surface area (Å²) in [7, 11) is 1.87. The highest BCUT2D eigenvalue weighted by molar-refractivity contribution is 6.30. The van der Waals surface area contributed by atoms with Gasteiger partial charge in [-0.05, 0) is 24.1 Å². The van der Waals surface area contributed by atoms with Gasteiger partial charge in [-0.25, -0.2) is 4.79 Å². The topological polar surface area (TPSA) is 53.4 Å². The van der Waals surface area contributed by atoms with Crippen molar-refractivity contribution in [2.24, 2.45) is 7.05 Å². The predicted octanol–water partition coefficient (Wildman–Crippen LogP) is 2.49. The van der Waals surface area contributed by atoms with E-state index in [1.807, 2.05) is 30.3 Å². The molecule has 1 fully saturated rings. The summed E-state index contributed by atoms with van der Waals surface area (Å²) in [5.74, 6) is 0. The van der Waals surface area contributed by atoms with E-state index in [1.54, 1.807) is 10.9 Å². The lowest BCUT2D eigenvalue weighted by Gasteiger charge is -2.22. The van der Waals surface area contributed by atoms with Crippen LogP contribution in [0.25, 0.3) is 0 Å². The van der Waals surface area contributed by atoms with Crippen LogP contribution in [0.5, 0.6) is 0 Å². The average Bonchev–Trinajstić information content (AvgIpc) is 2.88. The van der Waals surface area contributed by atoms with E-state index in [9.17, 15) is 4.79 Å². The summed E-state index contributed by atoms with van der Waals surface area (Å²) in [5, 5.41) is 7.86. The third kappa shape index (κ3) is 5.21. The maximum atomic E-state index is 12.4. The number of urea groups is 1. The summed E-state index contributed by atoms with van der Waals surface area (Å²) in [5.41, 5.74) is 2.26. The van der Waals surface area contributed by atoms with Crippen LogP contribution in [-0.4, -0.2) is 51.8 Å². The zero-order chi connectivity index (χ0) is 17.6. The van der Waals surface area contributed by atoms with E-state index in [2.05, 4.69) is 27.4 Å². The number of aromatic nitrogens is 2. The number of nitrogens with zero attached hydrogens (tertiary/aromatic N) is 4. The van der Waals surface area contributed by atoms with Crippen LogP contribution in [0.4, 0.5) is 4.79 Å². The molecule has 7 heteroatoms. The molecule has 2 amide bonds. The molecule has 1 N–H and O–H groups in total.